The van der Waals surface area contributed by atoms with Crippen molar-refractivity contribution in [2.45, 2.75) is 44.4 Å². The summed E-state index contributed by atoms with van der Waals surface area (Å²) in [6, 6.07) is 7.82. The van der Waals surface area contributed by atoms with Crippen LogP contribution in [0.3, 0.4) is 0 Å². The number of thioether (sulfide) groups is 1. The average Bonchev–Trinajstić information content (AvgIpc) is 2.90. The lowest BCUT2D eigenvalue weighted by Crippen LogP contribution is -2.46. The summed E-state index contributed by atoms with van der Waals surface area (Å²) in [4.78, 5) is 28.5. The van der Waals surface area contributed by atoms with Crippen molar-refractivity contribution >= 4 is 23.7 Å². The van der Waals surface area contributed by atoms with Gasteiger partial charge in [-0.3, -0.25) is 4.79 Å². The first-order chi connectivity index (χ1) is 12.4. The molecule has 0 aliphatic carbocycles. The lowest BCUT2D eigenvalue weighted by molar-refractivity contribution is -0.129. The maximum absolute atomic E-state index is 12.6. The molecular weight excluding hydrogens is 350 g/mol. The lowest BCUT2D eigenvalue weighted by Gasteiger charge is -2.28. The first kappa shape index (κ1) is 20.4. The summed E-state index contributed by atoms with van der Waals surface area (Å²) < 4.78 is 5.21. The van der Waals surface area contributed by atoms with Gasteiger partial charge in [-0.1, -0.05) is 12.1 Å². The summed E-state index contributed by atoms with van der Waals surface area (Å²) in [6.07, 6.45) is 0. The standard InChI is InChI=1S/C19H29N3O3S/c1-6-21(19(24)20-13(2)3)11-12-22-17(23)14(4)26-18(22)15-7-9-16(25-5)10-8-15/h7-10,13-14,18H,6,11-12H2,1-5H3,(H,20,24). The Balaban J connectivity index is 2.08. The summed E-state index contributed by atoms with van der Waals surface area (Å²) in [5, 5.41) is 2.80. The molecule has 1 aromatic rings. The van der Waals surface area contributed by atoms with E-state index in [0.29, 0.717) is 19.6 Å². The Hall–Kier alpha value is -1.89. The second-order valence-electron chi connectivity index (χ2n) is 6.62. The third-order valence-corrected chi connectivity index (χ3v) is 5.73. The number of hydrogen-bond donors (Lipinski definition) is 1. The highest BCUT2D eigenvalue weighted by Crippen LogP contribution is 2.42. The molecule has 1 aliphatic rings. The molecule has 144 valence electrons. The first-order valence-corrected chi connectivity index (χ1v) is 9.97. The van der Waals surface area contributed by atoms with Crippen molar-refractivity contribution in [3.8, 4) is 5.75 Å². The molecule has 1 aliphatic heterocycles. The van der Waals surface area contributed by atoms with Gasteiger partial charge < -0.3 is 19.9 Å². The molecule has 26 heavy (non-hydrogen) atoms. The molecule has 1 fully saturated rings. The number of amides is 3. The van der Waals surface area contributed by atoms with Crippen molar-refractivity contribution < 1.29 is 14.3 Å². The smallest absolute Gasteiger partial charge is 0.317 e. The maximum atomic E-state index is 12.6. The van der Waals surface area contributed by atoms with Gasteiger partial charge in [-0.05, 0) is 45.4 Å². The van der Waals surface area contributed by atoms with Crippen LogP contribution in [0.4, 0.5) is 4.79 Å². The minimum absolute atomic E-state index is 0.0322. The van der Waals surface area contributed by atoms with Crippen molar-refractivity contribution in [2.24, 2.45) is 0 Å². The van der Waals surface area contributed by atoms with Gasteiger partial charge in [-0.15, -0.1) is 11.8 Å². The van der Waals surface area contributed by atoms with Crippen LogP contribution in [0.25, 0.3) is 0 Å². The van der Waals surface area contributed by atoms with Crippen molar-refractivity contribution in [3.63, 3.8) is 0 Å². The van der Waals surface area contributed by atoms with Crippen LogP contribution in [0.1, 0.15) is 38.6 Å². The van der Waals surface area contributed by atoms with Crippen LogP contribution < -0.4 is 10.1 Å². The topological polar surface area (TPSA) is 61.9 Å². The quantitative estimate of drug-likeness (QED) is 0.791. The molecule has 2 unspecified atom stereocenters. The number of methoxy groups -OCH3 is 1. The van der Waals surface area contributed by atoms with E-state index in [1.54, 1.807) is 23.8 Å². The van der Waals surface area contributed by atoms with Crippen LogP contribution >= 0.6 is 11.8 Å². The number of ether oxygens (including phenoxy) is 1. The zero-order valence-electron chi connectivity index (χ0n) is 16.2. The second-order valence-corrected chi connectivity index (χ2v) is 8.05. The molecule has 6 nitrogen and oxygen atoms in total. The van der Waals surface area contributed by atoms with Crippen LogP contribution in [-0.2, 0) is 4.79 Å². The molecule has 0 aromatic heterocycles. The molecule has 0 radical (unpaired) electrons. The van der Waals surface area contributed by atoms with Crippen LogP contribution in [0.2, 0.25) is 0 Å². The number of carbonyl (C=O) groups excluding carboxylic acids is 2. The van der Waals surface area contributed by atoms with Gasteiger partial charge >= 0.3 is 6.03 Å². The summed E-state index contributed by atoms with van der Waals surface area (Å²) >= 11 is 1.64. The highest BCUT2D eigenvalue weighted by Gasteiger charge is 2.38. The van der Waals surface area contributed by atoms with E-state index in [-0.39, 0.29) is 28.6 Å². The molecule has 7 heteroatoms. The van der Waals surface area contributed by atoms with Gasteiger partial charge in [-0.2, -0.15) is 0 Å². The number of nitrogens with zero attached hydrogens (tertiary/aromatic N) is 2. The van der Waals surface area contributed by atoms with E-state index in [2.05, 4.69) is 5.32 Å². The minimum atomic E-state index is -0.0872. The fourth-order valence-corrected chi connectivity index (χ4v) is 4.21. The minimum Gasteiger partial charge on any atom is -0.497 e. The third-order valence-electron chi connectivity index (χ3n) is 4.34. The van der Waals surface area contributed by atoms with Gasteiger partial charge in [-0.25, -0.2) is 4.79 Å². The molecule has 1 N–H and O–H groups in total. The fourth-order valence-electron chi connectivity index (χ4n) is 2.90. The number of benzene rings is 1. The predicted molar refractivity (Wildman–Crippen MR) is 105 cm³/mol. The summed E-state index contributed by atoms with van der Waals surface area (Å²) in [7, 11) is 1.64. The van der Waals surface area contributed by atoms with Gasteiger partial charge in [0.15, 0.2) is 0 Å². The Kier molecular flexibility index (Phi) is 7.20. The predicted octanol–water partition coefficient (Wildman–Crippen LogP) is 3.10. The molecule has 0 bridgehead atoms. The monoisotopic (exact) mass is 379 g/mol. The fraction of sp³-hybridized carbons (Fsp3) is 0.579. The zero-order valence-corrected chi connectivity index (χ0v) is 17.0. The Morgan fingerprint density at radius 3 is 2.54 bits per heavy atom. The Morgan fingerprint density at radius 2 is 2.00 bits per heavy atom. The van der Waals surface area contributed by atoms with Crippen LogP contribution in [0, 0.1) is 0 Å². The van der Waals surface area contributed by atoms with Crippen LogP contribution in [0.15, 0.2) is 24.3 Å². The largest absolute Gasteiger partial charge is 0.497 e. The van der Waals surface area contributed by atoms with E-state index >= 15 is 0 Å². The maximum Gasteiger partial charge on any atom is 0.317 e. The van der Waals surface area contributed by atoms with Gasteiger partial charge in [0, 0.05) is 25.7 Å². The van der Waals surface area contributed by atoms with Crippen molar-refractivity contribution in [1.82, 2.24) is 15.1 Å². The number of urea groups is 1. The molecule has 1 saturated heterocycles. The van der Waals surface area contributed by atoms with Crippen molar-refractivity contribution in [1.29, 1.82) is 0 Å². The Labute approximate surface area is 160 Å². The third kappa shape index (κ3) is 4.84. The van der Waals surface area contributed by atoms with Crippen LogP contribution in [0.5, 0.6) is 5.75 Å². The first-order valence-electron chi connectivity index (χ1n) is 9.02. The van der Waals surface area contributed by atoms with Crippen molar-refractivity contribution in [2.75, 3.05) is 26.7 Å². The van der Waals surface area contributed by atoms with Crippen molar-refractivity contribution in [3.05, 3.63) is 29.8 Å². The Morgan fingerprint density at radius 1 is 1.35 bits per heavy atom. The van der Waals surface area contributed by atoms with E-state index in [1.165, 1.54) is 0 Å². The van der Waals surface area contributed by atoms with Gasteiger partial charge in [0.25, 0.3) is 0 Å². The summed E-state index contributed by atoms with van der Waals surface area (Å²) in [5.41, 5.74) is 1.07. The normalized spacial score (nSPS) is 19.8. The molecule has 1 aromatic carbocycles. The number of nitrogens with one attached hydrogen (secondary N) is 1. The van der Waals surface area contributed by atoms with Gasteiger partial charge in [0.05, 0.1) is 12.4 Å². The molecule has 0 saturated carbocycles. The van der Waals surface area contributed by atoms with Gasteiger partial charge in [0.2, 0.25) is 5.91 Å². The second kappa shape index (κ2) is 9.16. The van der Waals surface area contributed by atoms with Crippen LogP contribution in [-0.4, -0.2) is 59.8 Å². The molecule has 2 atom stereocenters. The summed E-state index contributed by atoms with van der Waals surface area (Å²) in [6.45, 7) is 9.40. The number of hydrogen-bond acceptors (Lipinski definition) is 4. The van der Waals surface area contributed by atoms with E-state index in [9.17, 15) is 9.59 Å². The Bertz CT molecular complexity index is 621. The highest BCUT2D eigenvalue weighted by atomic mass is 32.2. The zero-order chi connectivity index (χ0) is 19.3. The van der Waals surface area contributed by atoms with E-state index in [4.69, 9.17) is 4.74 Å². The lowest BCUT2D eigenvalue weighted by atomic mass is 10.2. The molecule has 1 heterocycles. The number of carbonyl (C=O) groups is 2. The SMILES string of the molecule is CCN(CCN1C(=O)C(C)SC1c1ccc(OC)cc1)C(=O)NC(C)C. The molecular formula is C19H29N3O3S. The van der Waals surface area contributed by atoms with E-state index in [1.807, 2.05) is 56.9 Å². The van der Waals surface area contributed by atoms with E-state index < -0.39 is 0 Å². The molecule has 3 amide bonds. The molecule has 0 spiro atoms. The number of likely N-dealkylation sites (N-methyl/N-ethyl adjacent to an activating group) is 1. The number of rotatable bonds is 7. The highest BCUT2D eigenvalue weighted by molar-refractivity contribution is 8.01. The average molecular weight is 380 g/mol. The van der Waals surface area contributed by atoms with E-state index in [0.717, 1.165) is 11.3 Å². The molecule has 2 rings (SSSR count). The summed E-state index contributed by atoms with van der Waals surface area (Å²) in [5.74, 6) is 0.918. The van der Waals surface area contributed by atoms with Gasteiger partial charge in [0.1, 0.15) is 11.1 Å².